The molecule has 9 heteroatoms. The molecule has 1 aromatic carbocycles. The van der Waals surface area contributed by atoms with Crippen LogP contribution in [0.15, 0.2) is 24.3 Å². The molecule has 0 saturated carbocycles. The van der Waals surface area contributed by atoms with Gasteiger partial charge in [0, 0.05) is 12.2 Å². The van der Waals surface area contributed by atoms with Crippen molar-refractivity contribution in [3.05, 3.63) is 29.8 Å². The van der Waals surface area contributed by atoms with Gasteiger partial charge >= 0.3 is 12.1 Å². The van der Waals surface area contributed by atoms with Gasteiger partial charge in [0.15, 0.2) is 0 Å². The van der Waals surface area contributed by atoms with Crippen LogP contribution < -0.4 is 21.3 Å². The van der Waals surface area contributed by atoms with E-state index >= 15 is 0 Å². The highest BCUT2D eigenvalue weighted by Crippen LogP contribution is 2.20. The minimum Gasteiger partial charge on any atom is -0.447 e. The van der Waals surface area contributed by atoms with Crippen molar-refractivity contribution < 1.29 is 19.1 Å². The molecule has 0 aliphatic carbocycles. The fourth-order valence-corrected chi connectivity index (χ4v) is 2.92. The van der Waals surface area contributed by atoms with Gasteiger partial charge in [-0.1, -0.05) is 12.1 Å². The highest BCUT2D eigenvalue weighted by atomic mass is 32.2. The zero-order valence-electron chi connectivity index (χ0n) is 14.0. The Morgan fingerprint density at radius 3 is 2.88 bits per heavy atom. The summed E-state index contributed by atoms with van der Waals surface area (Å²) >= 11 is 1.58. The van der Waals surface area contributed by atoms with Crippen LogP contribution in [0.25, 0.3) is 0 Å². The lowest BCUT2D eigenvalue weighted by Crippen LogP contribution is -2.48. The average Bonchev–Trinajstić information content (AvgIpc) is 3.02. The lowest BCUT2D eigenvalue weighted by atomic mass is 10.1. The molecule has 1 aliphatic rings. The van der Waals surface area contributed by atoms with Crippen molar-refractivity contribution >= 4 is 35.5 Å². The van der Waals surface area contributed by atoms with E-state index in [9.17, 15) is 14.4 Å². The molecule has 25 heavy (non-hydrogen) atoms. The zero-order chi connectivity index (χ0) is 18.2. The van der Waals surface area contributed by atoms with Gasteiger partial charge in [-0.15, -0.1) is 0 Å². The molecule has 1 unspecified atom stereocenters. The number of carbonyl (C=O) groups excluding carboxylic acids is 3. The predicted octanol–water partition coefficient (Wildman–Crippen LogP) is 1.05. The number of ether oxygens (including phenoxy) is 1. The van der Waals surface area contributed by atoms with Crippen LogP contribution in [0.1, 0.15) is 12.0 Å². The number of thioether (sulfide) groups is 1. The Balaban J connectivity index is 1.95. The third-order valence-corrected chi connectivity index (χ3v) is 4.34. The van der Waals surface area contributed by atoms with Crippen LogP contribution in [0.2, 0.25) is 0 Å². The van der Waals surface area contributed by atoms with Crippen molar-refractivity contribution in [2.45, 2.75) is 19.0 Å². The van der Waals surface area contributed by atoms with Crippen LogP contribution in [0, 0.1) is 0 Å². The standard InChI is InChI=1S/C16H22N4O4S/c1-25-8-5-13(19-15(17)22)14(21)18-10-11-3-2-4-12(9-11)20-6-7-24-16(20)23/h2-4,9,13H,5-8,10H2,1H3,(H,18,21)(H3,17,19,22). The molecule has 1 saturated heterocycles. The molecule has 1 atom stereocenters. The van der Waals surface area contributed by atoms with Gasteiger partial charge in [-0.3, -0.25) is 9.69 Å². The maximum atomic E-state index is 12.3. The maximum Gasteiger partial charge on any atom is 0.414 e. The van der Waals surface area contributed by atoms with E-state index in [0.717, 1.165) is 17.0 Å². The van der Waals surface area contributed by atoms with Gasteiger partial charge in [-0.2, -0.15) is 11.8 Å². The monoisotopic (exact) mass is 366 g/mol. The number of hydrogen-bond acceptors (Lipinski definition) is 5. The van der Waals surface area contributed by atoms with Crippen molar-refractivity contribution in [3.63, 3.8) is 0 Å². The Labute approximate surface area is 150 Å². The summed E-state index contributed by atoms with van der Waals surface area (Å²) in [5.41, 5.74) is 6.69. The smallest absolute Gasteiger partial charge is 0.414 e. The summed E-state index contributed by atoms with van der Waals surface area (Å²) < 4.78 is 4.93. The number of cyclic esters (lactones) is 1. The second-order valence-electron chi connectivity index (χ2n) is 5.50. The van der Waals surface area contributed by atoms with Gasteiger partial charge in [-0.25, -0.2) is 9.59 Å². The van der Waals surface area contributed by atoms with Crippen molar-refractivity contribution in [1.82, 2.24) is 10.6 Å². The number of primary amides is 1. The first-order valence-corrected chi connectivity index (χ1v) is 9.26. The molecule has 1 heterocycles. The first kappa shape index (κ1) is 18.9. The van der Waals surface area contributed by atoms with Crippen LogP contribution in [0.4, 0.5) is 15.3 Å². The van der Waals surface area contributed by atoms with E-state index in [1.54, 1.807) is 16.7 Å². The van der Waals surface area contributed by atoms with Crippen molar-refractivity contribution in [2.24, 2.45) is 5.73 Å². The predicted molar refractivity (Wildman–Crippen MR) is 96.5 cm³/mol. The molecule has 0 spiro atoms. The number of nitrogens with zero attached hydrogens (tertiary/aromatic N) is 1. The molecular formula is C16H22N4O4S. The molecule has 0 aromatic heterocycles. The molecule has 1 fully saturated rings. The molecular weight excluding hydrogens is 344 g/mol. The Hall–Kier alpha value is -2.42. The van der Waals surface area contributed by atoms with Gasteiger partial charge in [0.2, 0.25) is 5.91 Å². The summed E-state index contributed by atoms with van der Waals surface area (Å²) in [4.78, 5) is 36.5. The normalized spacial score (nSPS) is 14.8. The first-order chi connectivity index (χ1) is 12.0. The minimum absolute atomic E-state index is 0.284. The van der Waals surface area contributed by atoms with Gasteiger partial charge in [0.05, 0.1) is 6.54 Å². The van der Waals surface area contributed by atoms with Gasteiger partial charge in [0.25, 0.3) is 0 Å². The summed E-state index contributed by atoms with van der Waals surface area (Å²) in [5.74, 6) is 0.434. The summed E-state index contributed by atoms with van der Waals surface area (Å²) in [6.45, 7) is 1.16. The summed E-state index contributed by atoms with van der Waals surface area (Å²) in [6.07, 6.45) is 2.05. The molecule has 0 bridgehead atoms. The third kappa shape index (κ3) is 5.56. The van der Waals surface area contributed by atoms with Crippen molar-refractivity contribution in [3.8, 4) is 0 Å². The van der Waals surface area contributed by atoms with E-state index in [1.807, 2.05) is 30.5 Å². The number of nitrogens with two attached hydrogens (primary N) is 1. The molecule has 1 aromatic rings. The second kappa shape index (κ2) is 9.16. The zero-order valence-corrected chi connectivity index (χ0v) is 14.8. The van der Waals surface area contributed by atoms with E-state index in [2.05, 4.69) is 10.6 Å². The maximum absolute atomic E-state index is 12.3. The number of hydrogen-bond donors (Lipinski definition) is 3. The summed E-state index contributed by atoms with van der Waals surface area (Å²) in [5, 5.41) is 5.25. The van der Waals surface area contributed by atoms with E-state index in [1.165, 1.54) is 0 Å². The Bertz CT molecular complexity index is 640. The molecule has 8 nitrogen and oxygen atoms in total. The number of carbonyl (C=O) groups is 3. The van der Waals surface area contributed by atoms with Crippen molar-refractivity contribution in [2.75, 3.05) is 30.1 Å². The van der Waals surface area contributed by atoms with E-state index in [-0.39, 0.29) is 18.5 Å². The van der Waals surface area contributed by atoms with E-state index < -0.39 is 12.1 Å². The number of rotatable bonds is 8. The van der Waals surface area contributed by atoms with Gasteiger partial charge < -0.3 is 21.1 Å². The summed E-state index contributed by atoms with van der Waals surface area (Å²) in [6, 6.07) is 5.91. The Kier molecular flexibility index (Phi) is 6.93. The average molecular weight is 366 g/mol. The Morgan fingerprint density at radius 2 is 2.24 bits per heavy atom. The molecule has 136 valence electrons. The summed E-state index contributed by atoms with van der Waals surface area (Å²) in [7, 11) is 0. The third-order valence-electron chi connectivity index (χ3n) is 3.69. The molecule has 2 rings (SSSR count). The van der Waals surface area contributed by atoms with Crippen LogP contribution in [-0.4, -0.2) is 49.2 Å². The van der Waals surface area contributed by atoms with Crippen LogP contribution in [0.5, 0.6) is 0 Å². The quantitative estimate of drug-likeness (QED) is 0.636. The molecule has 4 amide bonds. The van der Waals surface area contributed by atoms with Gasteiger partial charge in [0.1, 0.15) is 12.6 Å². The molecule has 4 N–H and O–H groups in total. The van der Waals surface area contributed by atoms with E-state index in [4.69, 9.17) is 10.5 Å². The lowest BCUT2D eigenvalue weighted by molar-refractivity contribution is -0.123. The molecule has 0 radical (unpaired) electrons. The van der Waals surface area contributed by atoms with Crippen LogP contribution >= 0.6 is 11.8 Å². The van der Waals surface area contributed by atoms with Crippen LogP contribution in [0.3, 0.4) is 0 Å². The fraction of sp³-hybridized carbons (Fsp3) is 0.438. The highest BCUT2D eigenvalue weighted by Gasteiger charge is 2.24. The highest BCUT2D eigenvalue weighted by molar-refractivity contribution is 7.98. The second-order valence-corrected chi connectivity index (χ2v) is 6.48. The van der Waals surface area contributed by atoms with Crippen LogP contribution in [-0.2, 0) is 16.1 Å². The molecule has 1 aliphatic heterocycles. The van der Waals surface area contributed by atoms with Gasteiger partial charge in [-0.05, 0) is 36.1 Å². The number of anilines is 1. The van der Waals surface area contributed by atoms with E-state index in [0.29, 0.717) is 19.6 Å². The largest absolute Gasteiger partial charge is 0.447 e. The fourth-order valence-electron chi connectivity index (χ4n) is 2.45. The number of urea groups is 1. The Morgan fingerprint density at radius 1 is 1.44 bits per heavy atom. The lowest BCUT2D eigenvalue weighted by Gasteiger charge is -2.17. The number of benzene rings is 1. The number of nitrogens with one attached hydrogen (secondary N) is 2. The van der Waals surface area contributed by atoms with Crippen molar-refractivity contribution in [1.29, 1.82) is 0 Å². The number of amides is 4. The topological polar surface area (TPSA) is 114 Å². The first-order valence-electron chi connectivity index (χ1n) is 7.87. The minimum atomic E-state index is -0.726. The SMILES string of the molecule is CSCCC(NC(N)=O)C(=O)NCc1cccc(N2CCOC2=O)c1.